The molecule has 0 aliphatic rings. The summed E-state index contributed by atoms with van der Waals surface area (Å²) in [5.74, 6) is 0.205. The maximum atomic E-state index is 12.9. The van der Waals surface area contributed by atoms with Crippen LogP contribution in [0.5, 0.6) is 0 Å². The van der Waals surface area contributed by atoms with E-state index in [0.717, 1.165) is 23.9 Å². The number of thioether (sulfide) groups is 1. The fraction of sp³-hybridized carbons (Fsp3) is 0.286. The van der Waals surface area contributed by atoms with Crippen molar-refractivity contribution in [1.82, 2.24) is 15.1 Å². The van der Waals surface area contributed by atoms with Gasteiger partial charge in [-0.15, -0.1) is 22.0 Å². The van der Waals surface area contributed by atoms with E-state index in [2.05, 4.69) is 10.2 Å². The summed E-state index contributed by atoms with van der Waals surface area (Å²) in [5, 5.41) is 8.45. The molecule has 1 amide bonds. The number of halogens is 4. The number of amides is 1. The Balaban J connectivity index is 1.67. The predicted molar refractivity (Wildman–Crippen MR) is 113 cm³/mol. The smallest absolute Gasteiger partial charge is 0.416 e. The molecule has 1 aromatic heterocycles. The lowest BCUT2D eigenvalue weighted by Gasteiger charge is -2.25. The normalized spacial score (nSPS) is 11.7. The molecule has 0 N–H and O–H groups in total. The summed E-state index contributed by atoms with van der Waals surface area (Å²) in [6, 6.07) is 11.7. The SMILES string of the molecule is CC(C)N(Cc1nnc(-c2ccccc2Cl)o1)C(=O)CSc1cccc(C(F)(F)F)c1. The molecule has 0 saturated carbocycles. The third-order valence-corrected chi connectivity index (χ3v) is 5.65. The van der Waals surface area contributed by atoms with Gasteiger partial charge in [0, 0.05) is 10.9 Å². The molecule has 2 aromatic carbocycles. The van der Waals surface area contributed by atoms with E-state index in [4.69, 9.17) is 16.0 Å². The van der Waals surface area contributed by atoms with Crippen LogP contribution in [0, 0.1) is 0 Å². The summed E-state index contributed by atoms with van der Waals surface area (Å²) in [4.78, 5) is 14.6. The van der Waals surface area contributed by atoms with Crippen LogP contribution in [0.15, 0.2) is 57.8 Å². The molecule has 0 aliphatic heterocycles. The molecule has 0 saturated heterocycles. The number of carbonyl (C=O) groups excluding carboxylic acids is 1. The Morgan fingerprint density at radius 1 is 1.16 bits per heavy atom. The largest absolute Gasteiger partial charge is 0.419 e. The van der Waals surface area contributed by atoms with E-state index >= 15 is 0 Å². The van der Waals surface area contributed by atoms with Crippen molar-refractivity contribution in [2.24, 2.45) is 0 Å². The van der Waals surface area contributed by atoms with E-state index in [0.29, 0.717) is 15.5 Å². The highest BCUT2D eigenvalue weighted by Gasteiger charge is 2.30. The zero-order chi connectivity index (χ0) is 22.6. The standard InChI is InChI=1S/C21H19ClF3N3O2S/c1-13(2)28(11-18-26-27-20(30-18)16-8-3-4-9-17(16)22)19(29)12-31-15-7-5-6-14(10-15)21(23,24)25/h3-10,13H,11-12H2,1-2H3. The topological polar surface area (TPSA) is 59.2 Å². The molecule has 0 bridgehead atoms. The highest BCUT2D eigenvalue weighted by molar-refractivity contribution is 8.00. The predicted octanol–water partition coefficient (Wildman–Crippen LogP) is 5.94. The van der Waals surface area contributed by atoms with Gasteiger partial charge in [-0.25, -0.2) is 0 Å². The summed E-state index contributed by atoms with van der Waals surface area (Å²) in [7, 11) is 0. The molecular weight excluding hydrogens is 451 g/mol. The Hall–Kier alpha value is -2.52. The molecule has 0 radical (unpaired) electrons. The van der Waals surface area contributed by atoms with E-state index in [9.17, 15) is 18.0 Å². The maximum absolute atomic E-state index is 12.9. The minimum atomic E-state index is -4.43. The maximum Gasteiger partial charge on any atom is 0.416 e. The van der Waals surface area contributed by atoms with Crippen molar-refractivity contribution in [3.63, 3.8) is 0 Å². The van der Waals surface area contributed by atoms with Gasteiger partial charge in [0.1, 0.15) is 0 Å². The fourth-order valence-corrected chi connectivity index (χ4v) is 3.81. The zero-order valence-corrected chi connectivity index (χ0v) is 18.3. The second-order valence-electron chi connectivity index (χ2n) is 6.91. The number of alkyl halides is 3. The van der Waals surface area contributed by atoms with Crippen molar-refractivity contribution in [2.75, 3.05) is 5.75 Å². The van der Waals surface area contributed by atoms with E-state index in [-0.39, 0.29) is 36.0 Å². The number of carbonyl (C=O) groups is 1. The lowest BCUT2D eigenvalue weighted by atomic mass is 10.2. The van der Waals surface area contributed by atoms with Crippen LogP contribution in [0.3, 0.4) is 0 Å². The molecular formula is C21H19ClF3N3O2S. The third kappa shape index (κ3) is 6.01. The second-order valence-corrected chi connectivity index (χ2v) is 8.37. The molecule has 0 unspecified atom stereocenters. The summed E-state index contributed by atoms with van der Waals surface area (Å²) < 4.78 is 44.3. The van der Waals surface area contributed by atoms with Gasteiger partial charge < -0.3 is 9.32 Å². The number of hydrogen-bond donors (Lipinski definition) is 0. The van der Waals surface area contributed by atoms with Crippen LogP contribution in [-0.2, 0) is 17.5 Å². The quantitative estimate of drug-likeness (QED) is 0.401. The summed E-state index contributed by atoms with van der Waals surface area (Å²) in [5.41, 5.74) is -0.158. The number of aromatic nitrogens is 2. The van der Waals surface area contributed by atoms with Gasteiger partial charge in [0.2, 0.25) is 17.7 Å². The Labute approximate surface area is 186 Å². The van der Waals surface area contributed by atoms with Crippen molar-refractivity contribution in [2.45, 2.75) is 37.5 Å². The van der Waals surface area contributed by atoms with Crippen LogP contribution < -0.4 is 0 Å². The summed E-state index contributed by atoms with van der Waals surface area (Å²) >= 11 is 7.19. The van der Waals surface area contributed by atoms with Gasteiger partial charge in [-0.3, -0.25) is 4.79 Å². The fourth-order valence-electron chi connectivity index (χ4n) is 2.76. The molecule has 0 aliphatic carbocycles. The van der Waals surface area contributed by atoms with Crippen LogP contribution in [-0.4, -0.2) is 32.8 Å². The molecule has 3 rings (SSSR count). The van der Waals surface area contributed by atoms with Crippen LogP contribution in [0.2, 0.25) is 5.02 Å². The second kappa shape index (κ2) is 9.74. The van der Waals surface area contributed by atoms with E-state index in [1.165, 1.54) is 11.0 Å². The van der Waals surface area contributed by atoms with E-state index < -0.39 is 11.7 Å². The van der Waals surface area contributed by atoms with Gasteiger partial charge >= 0.3 is 6.18 Å². The van der Waals surface area contributed by atoms with Gasteiger partial charge in [-0.05, 0) is 44.2 Å². The van der Waals surface area contributed by atoms with Gasteiger partial charge in [0.05, 0.1) is 28.4 Å². The Bertz CT molecular complexity index is 1060. The minimum Gasteiger partial charge on any atom is -0.419 e. The number of rotatable bonds is 7. The van der Waals surface area contributed by atoms with E-state index in [1.807, 2.05) is 13.8 Å². The molecule has 0 fully saturated rings. The molecule has 5 nitrogen and oxygen atoms in total. The lowest BCUT2D eigenvalue weighted by Crippen LogP contribution is -2.37. The average Bonchev–Trinajstić information content (AvgIpc) is 3.18. The monoisotopic (exact) mass is 469 g/mol. The first-order chi connectivity index (χ1) is 14.6. The molecule has 31 heavy (non-hydrogen) atoms. The van der Waals surface area contributed by atoms with Crippen LogP contribution >= 0.6 is 23.4 Å². The molecule has 164 valence electrons. The highest BCUT2D eigenvalue weighted by Crippen LogP contribution is 2.32. The first-order valence-corrected chi connectivity index (χ1v) is 10.7. The van der Waals surface area contributed by atoms with Crippen molar-refractivity contribution in [3.8, 4) is 11.5 Å². The first-order valence-electron chi connectivity index (χ1n) is 9.32. The third-order valence-electron chi connectivity index (χ3n) is 4.34. The van der Waals surface area contributed by atoms with Crippen molar-refractivity contribution >= 4 is 29.3 Å². The van der Waals surface area contributed by atoms with Crippen molar-refractivity contribution < 1.29 is 22.4 Å². The molecule has 0 atom stereocenters. The Morgan fingerprint density at radius 2 is 1.90 bits per heavy atom. The van der Waals surface area contributed by atoms with Crippen molar-refractivity contribution in [3.05, 3.63) is 65.0 Å². The molecule has 1 heterocycles. The van der Waals surface area contributed by atoms with Crippen LogP contribution in [0.1, 0.15) is 25.3 Å². The Morgan fingerprint density at radius 3 is 2.58 bits per heavy atom. The summed E-state index contributed by atoms with van der Waals surface area (Å²) in [6.07, 6.45) is -4.43. The molecule has 0 spiro atoms. The van der Waals surface area contributed by atoms with Gasteiger partial charge in [0.25, 0.3) is 0 Å². The zero-order valence-electron chi connectivity index (χ0n) is 16.7. The van der Waals surface area contributed by atoms with Crippen molar-refractivity contribution in [1.29, 1.82) is 0 Å². The number of benzene rings is 2. The average molecular weight is 470 g/mol. The molecule has 10 heteroatoms. The number of hydrogen-bond acceptors (Lipinski definition) is 5. The van der Waals surface area contributed by atoms with Gasteiger partial charge in [-0.1, -0.05) is 29.8 Å². The molecule has 3 aromatic rings. The first kappa shape index (κ1) is 23.1. The number of nitrogens with zero attached hydrogens (tertiary/aromatic N) is 3. The van der Waals surface area contributed by atoms with Crippen LogP contribution in [0.25, 0.3) is 11.5 Å². The van der Waals surface area contributed by atoms with Gasteiger partial charge in [-0.2, -0.15) is 13.2 Å². The summed E-state index contributed by atoms with van der Waals surface area (Å²) in [6.45, 7) is 3.74. The van der Waals surface area contributed by atoms with Gasteiger partial charge in [0.15, 0.2) is 0 Å². The highest BCUT2D eigenvalue weighted by atomic mass is 35.5. The van der Waals surface area contributed by atoms with Crippen LogP contribution in [0.4, 0.5) is 13.2 Å². The lowest BCUT2D eigenvalue weighted by molar-refractivity contribution is -0.137. The minimum absolute atomic E-state index is 0.0228. The Kier molecular flexibility index (Phi) is 7.27. The van der Waals surface area contributed by atoms with E-state index in [1.54, 1.807) is 30.3 Å².